The summed E-state index contributed by atoms with van der Waals surface area (Å²) in [7, 11) is 1.75. The number of nitrogens with zero attached hydrogens (tertiary/aromatic N) is 2. The summed E-state index contributed by atoms with van der Waals surface area (Å²) in [5, 5.41) is 8.85. The Labute approximate surface area is 113 Å². The van der Waals surface area contributed by atoms with Gasteiger partial charge in [-0.05, 0) is 44.0 Å². The number of methoxy groups -OCH3 is 1. The van der Waals surface area contributed by atoms with Crippen LogP contribution in [0.15, 0.2) is 18.2 Å². The van der Waals surface area contributed by atoms with Gasteiger partial charge < -0.3 is 4.74 Å². The summed E-state index contributed by atoms with van der Waals surface area (Å²) in [5.41, 5.74) is 0.985. The molecule has 0 bridgehead atoms. The van der Waals surface area contributed by atoms with Crippen molar-refractivity contribution in [2.45, 2.75) is 31.9 Å². The molecule has 1 saturated heterocycles. The molecule has 0 amide bonds. The van der Waals surface area contributed by atoms with E-state index >= 15 is 0 Å². The first kappa shape index (κ1) is 14.0. The van der Waals surface area contributed by atoms with Crippen molar-refractivity contribution in [1.82, 2.24) is 4.90 Å². The van der Waals surface area contributed by atoms with Gasteiger partial charge in [0.25, 0.3) is 0 Å². The van der Waals surface area contributed by atoms with Gasteiger partial charge in [-0.1, -0.05) is 6.07 Å². The Morgan fingerprint density at radius 3 is 3.00 bits per heavy atom. The average molecular weight is 262 g/mol. The molecule has 0 aromatic heterocycles. The van der Waals surface area contributed by atoms with Gasteiger partial charge in [-0.15, -0.1) is 0 Å². The molecule has 2 rings (SSSR count). The zero-order valence-corrected chi connectivity index (χ0v) is 11.4. The van der Waals surface area contributed by atoms with Crippen LogP contribution < -0.4 is 0 Å². The lowest BCUT2D eigenvalue weighted by atomic mass is 9.94. The molecule has 102 valence electrons. The molecule has 0 aliphatic carbocycles. The number of nitriles is 1. The first-order valence-corrected chi connectivity index (χ1v) is 6.52. The second-order valence-corrected chi connectivity index (χ2v) is 5.39. The summed E-state index contributed by atoms with van der Waals surface area (Å²) in [6.45, 7) is 4.72. The third kappa shape index (κ3) is 3.31. The van der Waals surface area contributed by atoms with Crippen LogP contribution >= 0.6 is 0 Å². The van der Waals surface area contributed by atoms with Crippen LogP contribution in [0.25, 0.3) is 0 Å². The third-order valence-electron chi connectivity index (χ3n) is 3.79. The smallest absolute Gasteiger partial charge is 0.140 e. The lowest BCUT2D eigenvalue weighted by molar-refractivity contribution is -0.0527. The fraction of sp³-hybridized carbons (Fsp3) is 0.533. The topological polar surface area (TPSA) is 36.3 Å². The fourth-order valence-electron chi connectivity index (χ4n) is 2.62. The van der Waals surface area contributed by atoms with E-state index in [1.54, 1.807) is 19.2 Å². The van der Waals surface area contributed by atoms with E-state index in [1.165, 1.54) is 6.07 Å². The molecule has 1 fully saturated rings. The van der Waals surface area contributed by atoms with E-state index in [9.17, 15) is 4.39 Å². The van der Waals surface area contributed by atoms with Gasteiger partial charge in [0, 0.05) is 20.2 Å². The van der Waals surface area contributed by atoms with Gasteiger partial charge in [0.2, 0.25) is 0 Å². The maximum absolute atomic E-state index is 13.3. The molecule has 0 saturated carbocycles. The lowest BCUT2D eigenvalue weighted by Gasteiger charge is -2.39. The van der Waals surface area contributed by atoms with Gasteiger partial charge in [0.05, 0.1) is 11.2 Å². The number of hydrogen-bond donors (Lipinski definition) is 0. The second-order valence-electron chi connectivity index (χ2n) is 5.39. The Kier molecular flexibility index (Phi) is 4.18. The van der Waals surface area contributed by atoms with E-state index in [4.69, 9.17) is 10.00 Å². The summed E-state index contributed by atoms with van der Waals surface area (Å²) >= 11 is 0. The minimum atomic E-state index is -0.452. The van der Waals surface area contributed by atoms with Crippen LogP contribution in [0.1, 0.15) is 30.9 Å². The minimum absolute atomic E-state index is 0.101. The van der Waals surface area contributed by atoms with Crippen molar-refractivity contribution < 1.29 is 9.13 Å². The summed E-state index contributed by atoms with van der Waals surface area (Å²) in [6, 6.07) is 6.63. The van der Waals surface area contributed by atoms with E-state index in [-0.39, 0.29) is 11.2 Å². The number of halogens is 1. The van der Waals surface area contributed by atoms with Crippen molar-refractivity contribution in [1.29, 1.82) is 5.26 Å². The van der Waals surface area contributed by atoms with Crippen LogP contribution in [-0.4, -0.2) is 30.7 Å². The number of benzene rings is 1. The van der Waals surface area contributed by atoms with E-state index in [0.29, 0.717) is 0 Å². The Balaban J connectivity index is 2.07. The molecule has 1 unspecified atom stereocenters. The molecule has 19 heavy (non-hydrogen) atoms. The Morgan fingerprint density at radius 2 is 2.32 bits per heavy atom. The van der Waals surface area contributed by atoms with Crippen LogP contribution in [0.4, 0.5) is 4.39 Å². The van der Waals surface area contributed by atoms with Crippen molar-refractivity contribution in [3.05, 3.63) is 35.1 Å². The maximum Gasteiger partial charge on any atom is 0.140 e. The average Bonchev–Trinajstić information content (AvgIpc) is 2.41. The van der Waals surface area contributed by atoms with Gasteiger partial charge in [-0.3, -0.25) is 4.90 Å². The number of ether oxygens (including phenoxy) is 1. The van der Waals surface area contributed by atoms with Crippen LogP contribution in [0.5, 0.6) is 0 Å². The number of likely N-dealkylation sites (tertiary alicyclic amines) is 1. The summed E-state index contributed by atoms with van der Waals surface area (Å²) in [6.07, 6.45) is 2.16. The Bertz CT molecular complexity index is 497. The standard InChI is InChI=1S/C15H19FN2O/c1-15(19-2)6-3-7-18(11-15)10-12-4-5-14(16)13(8-12)9-17/h4-5,8H,3,6-7,10-11H2,1-2H3. The highest BCUT2D eigenvalue weighted by atomic mass is 19.1. The van der Waals surface area contributed by atoms with Gasteiger partial charge in [-0.25, -0.2) is 4.39 Å². The molecule has 0 spiro atoms. The van der Waals surface area contributed by atoms with Crippen LogP contribution in [-0.2, 0) is 11.3 Å². The molecular weight excluding hydrogens is 243 g/mol. The zero-order valence-electron chi connectivity index (χ0n) is 11.4. The van der Waals surface area contributed by atoms with Crippen molar-refractivity contribution in [2.75, 3.05) is 20.2 Å². The molecule has 1 aromatic rings. The number of hydrogen-bond acceptors (Lipinski definition) is 3. The maximum atomic E-state index is 13.3. The zero-order chi connectivity index (χ0) is 13.9. The van der Waals surface area contributed by atoms with E-state index in [0.717, 1.165) is 38.0 Å². The molecule has 4 heteroatoms. The molecule has 3 nitrogen and oxygen atoms in total. The van der Waals surface area contributed by atoms with E-state index in [2.05, 4.69) is 11.8 Å². The lowest BCUT2D eigenvalue weighted by Crippen LogP contribution is -2.46. The van der Waals surface area contributed by atoms with Crippen LogP contribution in [0.3, 0.4) is 0 Å². The molecular formula is C15H19FN2O. The molecule has 1 aromatic carbocycles. The quantitative estimate of drug-likeness (QED) is 0.840. The molecule has 1 atom stereocenters. The molecule has 0 N–H and O–H groups in total. The predicted octanol–water partition coefficient (Wildman–Crippen LogP) is 2.70. The number of piperidine rings is 1. The van der Waals surface area contributed by atoms with Crippen LogP contribution in [0.2, 0.25) is 0 Å². The predicted molar refractivity (Wildman–Crippen MR) is 71.0 cm³/mol. The monoisotopic (exact) mass is 262 g/mol. The minimum Gasteiger partial charge on any atom is -0.377 e. The fourth-order valence-corrected chi connectivity index (χ4v) is 2.62. The Morgan fingerprint density at radius 1 is 1.53 bits per heavy atom. The van der Waals surface area contributed by atoms with Gasteiger partial charge >= 0.3 is 0 Å². The van der Waals surface area contributed by atoms with Gasteiger partial charge in [-0.2, -0.15) is 5.26 Å². The van der Waals surface area contributed by atoms with Crippen molar-refractivity contribution in [2.24, 2.45) is 0 Å². The molecule has 1 aliphatic rings. The van der Waals surface area contributed by atoms with Crippen molar-refractivity contribution >= 4 is 0 Å². The highest BCUT2D eigenvalue weighted by Crippen LogP contribution is 2.25. The van der Waals surface area contributed by atoms with Crippen molar-refractivity contribution in [3.8, 4) is 6.07 Å². The molecule has 0 radical (unpaired) electrons. The summed E-state index contributed by atoms with van der Waals surface area (Å²) in [4.78, 5) is 2.29. The summed E-state index contributed by atoms with van der Waals surface area (Å²) < 4.78 is 18.8. The number of rotatable bonds is 3. The van der Waals surface area contributed by atoms with Gasteiger partial charge in [0.15, 0.2) is 0 Å². The van der Waals surface area contributed by atoms with E-state index in [1.807, 2.05) is 6.07 Å². The first-order chi connectivity index (χ1) is 9.06. The van der Waals surface area contributed by atoms with Crippen molar-refractivity contribution in [3.63, 3.8) is 0 Å². The SMILES string of the molecule is COC1(C)CCCN(Cc2ccc(F)c(C#N)c2)C1. The van der Waals surface area contributed by atoms with E-state index < -0.39 is 5.82 Å². The highest BCUT2D eigenvalue weighted by molar-refractivity contribution is 5.34. The molecule has 1 aliphatic heterocycles. The summed E-state index contributed by atoms with van der Waals surface area (Å²) in [5.74, 6) is -0.452. The molecule has 1 heterocycles. The largest absolute Gasteiger partial charge is 0.377 e. The third-order valence-corrected chi connectivity index (χ3v) is 3.79. The second kappa shape index (κ2) is 5.68. The first-order valence-electron chi connectivity index (χ1n) is 6.52. The Hall–Kier alpha value is -1.44. The highest BCUT2D eigenvalue weighted by Gasteiger charge is 2.30. The van der Waals surface area contributed by atoms with Gasteiger partial charge in [0.1, 0.15) is 11.9 Å². The normalized spacial score (nSPS) is 24.1. The van der Waals surface area contributed by atoms with Crippen LogP contribution in [0, 0.1) is 17.1 Å².